The zero-order valence-corrected chi connectivity index (χ0v) is 56.2. The molecule has 5 unspecified atom stereocenters. The number of aryl methyl sites for hydroxylation is 2. The van der Waals surface area contributed by atoms with Gasteiger partial charge in [-0.2, -0.15) is 0 Å². The number of carbonyl (C=O) groups excluding carboxylic acids is 4. The van der Waals surface area contributed by atoms with Crippen molar-refractivity contribution >= 4 is 93.9 Å². The predicted octanol–water partition coefficient (Wildman–Crippen LogP) is 14.3. The van der Waals surface area contributed by atoms with Crippen molar-refractivity contribution in [2.45, 2.75) is 150 Å². The highest BCUT2D eigenvalue weighted by atomic mass is 35.5. The van der Waals surface area contributed by atoms with Gasteiger partial charge in [0.15, 0.2) is 11.5 Å². The van der Waals surface area contributed by atoms with Crippen molar-refractivity contribution in [3.63, 3.8) is 0 Å². The van der Waals surface area contributed by atoms with Crippen LogP contribution in [0, 0.1) is 19.8 Å². The largest absolute Gasteiger partial charge is 0.490 e. The van der Waals surface area contributed by atoms with Crippen LogP contribution in [-0.2, 0) is 28.5 Å². The second kappa shape index (κ2) is 28.5. The molecular weight excluding hydrogens is 1250 g/mol. The van der Waals surface area contributed by atoms with E-state index in [1.165, 1.54) is 19.6 Å². The van der Waals surface area contributed by atoms with Gasteiger partial charge in [0.1, 0.15) is 66.2 Å². The second-order valence-corrected chi connectivity index (χ2v) is 27.9. The molecule has 0 saturated carbocycles. The molecule has 4 heterocycles. The van der Waals surface area contributed by atoms with Crippen LogP contribution in [0.5, 0.6) is 23.0 Å². The van der Waals surface area contributed by atoms with Crippen LogP contribution < -0.4 is 18.9 Å². The van der Waals surface area contributed by atoms with Gasteiger partial charge in [0, 0.05) is 26.2 Å². The van der Waals surface area contributed by atoms with Crippen LogP contribution >= 0.6 is 46.4 Å². The molecule has 0 aliphatic carbocycles. The van der Waals surface area contributed by atoms with E-state index in [1.54, 1.807) is 162 Å². The fourth-order valence-electron chi connectivity index (χ4n) is 10.8. The van der Waals surface area contributed by atoms with Crippen LogP contribution in [0.4, 0.5) is 19.2 Å². The van der Waals surface area contributed by atoms with Crippen molar-refractivity contribution in [2.24, 2.45) is 5.92 Å². The molecule has 20 nitrogen and oxygen atoms in total. The Morgan fingerprint density at radius 2 is 0.889 bits per heavy atom. The molecule has 0 radical (unpaired) electrons. The SMILES string of the molecule is Cc1cc(Cl)c(OCCOc2ccc(C3=C(C(=O)O)C4CN(C(=O)OC(C)(C)C)CC(C3)N4C(=O)OC(C)(C)C)cc2)c(Cl)c1.Cc1cc(Cl)c(OCCOc2ccc(C3=CC4CN(C(=O)OC(C)(C)C)CC(C3C(=O)O)N4C(=O)OC(C)(C)C)cc2)c(Cl)c1. The maximum absolute atomic E-state index is 13.4. The van der Waals surface area contributed by atoms with Gasteiger partial charge >= 0.3 is 36.3 Å². The minimum Gasteiger partial charge on any atom is -0.490 e. The summed E-state index contributed by atoms with van der Waals surface area (Å²) in [6.07, 6.45) is -0.468. The van der Waals surface area contributed by atoms with Crippen molar-refractivity contribution in [1.29, 1.82) is 0 Å². The van der Waals surface area contributed by atoms with Gasteiger partial charge in [0.25, 0.3) is 0 Å². The minimum atomic E-state index is -1.18. The Bertz CT molecular complexity index is 3290. The Labute approximate surface area is 545 Å². The van der Waals surface area contributed by atoms with Crippen molar-refractivity contribution in [1.82, 2.24) is 19.6 Å². The Hall–Kier alpha value is -7.26. The number of carbonyl (C=O) groups is 6. The Morgan fingerprint density at radius 3 is 1.30 bits per heavy atom. The Kier molecular flexibility index (Phi) is 22.2. The lowest BCUT2D eigenvalue weighted by atomic mass is 9.79. The molecule has 4 bridgehead atoms. The molecule has 4 amide bonds. The first-order valence-electron chi connectivity index (χ1n) is 29.4. The number of fused-ring (bicyclic) bond motifs is 4. The highest BCUT2D eigenvalue weighted by molar-refractivity contribution is 6.37. The van der Waals surface area contributed by atoms with Gasteiger partial charge in [-0.3, -0.25) is 14.6 Å². The number of halogens is 4. The molecule has 24 heteroatoms. The van der Waals surface area contributed by atoms with Crippen LogP contribution in [0.15, 0.2) is 84.4 Å². The molecule has 2 saturated heterocycles. The molecule has 0 spiro atoms. The van der Waals surface area contributed by atoms with Crippen molar-refractivity contribution < 1.29 is 76.9 Å². The third-order valence-corrected chi connectivity index (χ3v) is 15.3. The molecule has 4 aromatic rings. The van der Waals surface area contributed by atoms with Crippen LogP contribution in [0.1, 0.15) is 112 Å². The molecule has 2 fully saturated rings. The van der Waals surface area contributed by atoms with Crippen LogP contribution in [-0.4, -0.2) is 165 Å². The molecule has 8 rings (SSSR count). The fraction of sp³-hybridized carbons (Fsp3) is 0.485. The summed E-state index contributed by atoms with van der Waals surface area (Å²) in [5, 5.41) is 22.6. The topological polar surface area (TPSA) is 230 Å². The second-order valence-electron chi connectivity index (χ2n) is 26.2. The van der Waals surface area contributed by atoms with Crippen molar-refractivity contribution in [2.75, 3.05) is 52.6 Å². The predicted molar refractivity (Wildman–Crippen MR) is 342 cm³/mol. The minimum absolute atomic E-state index is 0.0271. The summed E-state index contributed by atoms with van der Waals surface area (Å²) in [7, 11) is 0. The van der Waals surface area contributed by atoms with Crippen LogP contribution in [0.3, 0.4) is 0 Å². The first kappa shape index (κ1) is 70.2. The Balaban J connectivity index is 0.000000256. The average molecular weight is 1330 g/mol. The van der Waals surface area contributed by atoms with E-state index in [-0.39, 0.29) is 64.6 Å². The highest BCUT2D eigenvalue weighted by Gasteiger charge is 2.52. The summed E-state index contributed by atoms with van der Waals surface area (Å²) in [5.41, 5.74) is 1.29. The number of carboxylic acids is 2. The maximum Gasteiger partial charge on any atom is 0.411 e. The number of rotatable bonds is 14. The van der Waals surface area contributed by atoms with E-state index in [1.807, 2.05) is 13.8 Å². The third kappa shape index (κ3) is 18.5. The van der Waals surface area contributed by atoms with E-state index in [9.17, 15) is 39.0 Å². The smallest absolute Gasteiger partial charge is 0.411 e. The van der Waals surface area contributed by atoms with E-state index in [0.29, 0.717) is 65.4 Å². The van der Waals surface area contributed by atoms with E-state index in [4.69, 9.17) is 84.3 Å². The van der Waals surface area contributed by atoms with E-state index in [0.717, 1.165) is 11.1 Å². The van der Waals surface area contributed by atoms with Gasteiger partial charge < -0.3 is 57.9 Å². The monoisotopic (exact) mass is 1320 g/mol. The molecule has 4 aliphatic rings. The summed E-state index contributed by atoms with van der Waals surface area (Å²) >= 11 is 25.0. The number of benzene rings is 4. The average Bonchev–Trinajstić information content (AvgIpc) is 0.755. The molecular formula is C66H80Cl4N4O16. The number of carboxylic acid groups (broad SMARTS) is 2. The lowest BCUT2D eigenvalue weighted by molar-refractivity contribution is -0.143. The Morgan fingerprint density at radius 1 is 0.500 bits per heavy atom. The van der Waals surface area contributed by atoms with Gasteiger partial charge in [0.2, 0.25) is 0 Å². The number of aliphatic carboxylic acids is 2. The first-order chi connectivity index (χ1) is 41.9. The lowest BCUT2D eigenvalue weighted by Gasteiger charge is -2.50. The van der Waals surface area contributed by atoms with Crippen LogP contribution in [0.2, 0.25) is 20.1 Å². The van der Waals surface area contributed by atoms with Gasteiger partial charge in [-0.1, -0.05) is 76.7 Å². The maximum atomic E-state index is 13.4. The van der Waals surface area contributed by atoms with Crippen molar-refractivity contribution in [3.8, 4) is 23.0 Å². The molecule has 0 aromatic heterocycles. The zero-order valence-electron chi connectivity index (χ0n) is 53.2. The number of amides is 4. The molecule has 4 aliphatic heterocycles. The molecule has 90 heavy (non-hydrogen) atoms. The molecule has 4 aromatic carbocycles. The van der Waals surface area contributed by atoms with E-state index in [2.05, 4.69) is 0 Å². The third-order valence-electron chi connectivity index (χ3n) is 14.2. The van der Waals surface area contributed by atoms with Gasteiger partial charge in [0.05, 0.1) is 49.8 Å². The number of hydrogen-bond acceptors (Lipinski definition) is 14. The number of piperazine rings is 2. The fourth-order valence-corrected chi connectivity index (χ4v) is 12.2. The van der Waals surface area contributed by atoms with Crippen molar-refractivity contribution in [3.05, 3.63) is 127 Å². The summed E-state index contributed by atoms with van der Waals surface area (Å²) in [6.45, 7) is 25.9. The van der Waals surface area contributed by atoms with Gasteiger partial charge in [-0.25, -0.2) is 24.0 Å². The summed E-state index contributed by atoms with van der Waals surface area (Å²) < 4.78 is 45.5. The molecule has 5 atom stereocenters. The lowest BCUT2D eigenvalue weighted by Crippen LogP contribution is -2.66. The van der Waals surface area contributed by atoms with Gasteiger partial charge in [-0.05, 0) is 185 Å². The number of nitrogens with zero attached hydrogens (tertiary/aromatic N) is 4. The summed E-state index contributed by atoms with van der Waals surface area (Å²) in [6, 6.07) is 18.2. The quantitative estimate of drug-likeness (QED) is 0.0883. The van der Waals surface area contributed by atoms with Crippen LogP contribution in [0.25, 0.3) is 11.1 Å². The normalized spacial score (nSPS) is 19.1. The van der Waals surface area contributed by atoms with E-state index < -0.39 is 88.8 Å². The summed E-state index contributed by atoms with van der Waals surface area (Å²) in [5.74, 6) is -1.55. The number of hydrogen-bond donors (Lipinski definition) is 2. The first-order valence-corrected chi connectivity index (χ1v) is 30.9. The van der Waals surface area contributed by atoms with Gasteiger partial charge in [-0.15, -0.1) is 0 Å². The zero-order chi connectivity index (χ0) is 66.5. The highest BCUT2D eigenvalue weighted by Crippen LogP contribution is 2.43. The van der Waals surface area contributed by atoms with E-state index >= 15 is 0 Å². The standard InChI is InChI=1S/2C33H40Cl2N2O8/c2*1-19-14-24(34)28(25(35)15-19)43-13-12-42-22-10-8-20(9-11-22)23-16-21-17-36(30(40)44-32(2,3)4)18-26(27(23)29(38)39)37(21)31(41)45-33(5,6)7/h8-11,14-15,21,26H,12-13,16-18H2,1-7H3,(H,38,39);8-11,14-16,21,26-27H,12-13,17-18H2,1-7H3,(H,38,39). The summed E-state index contributed by atoms with van der Waals surface area (Å²) in [4.78, 5) is 84.2. The number of ether oxygens (including phenoxy) is 8. The molecule has 488 valence electrons. The molecule has 2 N–H and O–H groups in total.